The van der Waals surface area contributed by atoms with E-state index in [1.54, 1.807) is 30.3 Å². The van der Waals surface area contributed by atoms with Gasteiger partial charge in [-0.1, -0.05) is 30.4 Å². The summed E-state index contributed by atoms with van der Waals surface area (Å²) in [5, 5.41) is 0. The molecule has 0 atom stereocenters. The lowest BCUT2D eigenvalue weighted by Gasteiger charge is -2.01. The van der Waals surface area contributed by atoms with E-state index in [4.69, 9.17) is 4.74 Å². The number of carbonyl (C=O) groups is 2. The number of rotatable bonds is 3. The molecule has 1 aromatic carbocycles. The summed E-state index contributed by atoms with van der Waals surface area (Å²) >= 11 is 4.58. The minimum Gasteiger partial charge on any atom is -0.422 e. The second-order valence-electron chi connectivity index (χ2n) is 2.59. The van der Waals surface area contributed by atoms with E-state index in [2.05, 4.69) is 12.2 Å². The molecule has 0 fully saturated rings. The van der Waals surface area contributed by atoms with Crippen molar-refractivity contribution in [2.45, 2.75) is 6.92 Å². The first-order valence-corrected chi connectivity index (χ1v) is 4.34. The summed E-state index contributed by atoms with van der Waals surface area (Å²) in [7, 11) is 0. The van der Waals surface area contributed by atoms with Crippen LogP contribution >= 0.6 is 12.2 Å². The average molecular weight is 208 g/mol. The molecule has 72 valence electrons. The number of ether oxygens (including phenoxy) is 1. The van der Waals surface area contributed by atoms with Crippen LogP contribution in [-0.4, -0.2) is 16.6 Å². The van der Waals surface area contributed by atoms with Gasteiger partial charge in [0.15, 0.2) is 10.6 Å². The molecular formula is C10H8O3S. The van der Waals surface area contributed by atoms with E-state index in [1.165, 1.54) is 6.92 Å². The summed E-state index contributed by atoms with van der Waals surface area (Å²) in [6, 6.07) is 8.46. The van der Waals surface area contributed by atoms with Crippen molar-refractivity contribution in [1.29, 1.82) is 0 Å². The molecule has 0 spiro atoms. The fraction of sp³-hybridized carbons (Fsp3) is 0.100. The van der Waals surface area contributed by atoms with Crippen molar-refractivity contribution in [2.24, 2.45) is 0 Å². The van der Waals surface area contributed by atoms with Crippen molar-refractivity contribution in [2.75, 3.05) is 0 Å². The number of ketones is 1. The number of esters is 1. The van der Waals surface area contributed by atoms with Crippen molar-refractivity contribution in [3.63, 3.8) is 0 Å². The fourth-order valence-corrected chi connectivity index (χ4v) is 0.827. The molecular weight excluding hydrogens is 200 g/mol. The summed E-state index contributed by atoms with van der Waals surface area (Å²) in [4.78, 5) is 21.6. The Labute approximate surface area is 86.7 Å². The maximum Gasteiger partial charge on any atom is 0.358 e. The Kier molecular flexibility index (Phi) is 3.48. The van der Waals surface area contributed by atoms with Crippen LogP contribution in [0.15, 0.2) is 30.3 Å². The molecule has 0 saturated carbocycles. The SMILES string of the molecule is CC(=O)C(=S)C(=O)Oc1ccccc1. The molecule has 0 amide bonds. The van der Waals surface area contributed by atoms with Crippen LogP contribution in [0.1, 0.15) is 6.92 Å². The Morgan fingerprint density at radius 2 is 1.79 bits per heavy atom. The van der Waals surface area contributed by atoms with Crippen molar-refractivity contribution < 1.29 is 14.3 Å². The minimum atomic E-state index is -0.779. The number of Topliss-reactive ketones (excluding diaryl/α,β-unsaturated/α-hetero) is 1. The third-order valence-electron chi connectivity index (χ3n) is 1.46. The standard InChI is InChI=1S/C10H8O3S/c1-7(11)9(14)10(12)13-8-5-3-2-4-6-8/h2-6H,1H3. The molecule has 1 rings (SSSR count). The van der Waals surface area contributed by atoms with E-state index in [0.717, 1.165) is 0 Å². The highest BCUT2D eigenvalue weighted by atomic mass is 32.1. The summed E-state index contributed by atoms with van der Waals surface area (Å²) in [6.07, 6.45) is 0. The molecule has 4 heteroatoms. The third-order valence-corrected chi connectivity index (χ3v) is 1.91. The third kappa shape index (κ3) is 2.74. The van der Waals surface area contributed by atoms with E-state index >= 15 is 0 Å². The van der Waals surface area contributed by atoms with Gasteiger partial charge in [-0.25, -0.2) is 4.79 Å². The Bertz CT molecular complexity index is 370. The highest BCUT2D eigenvalue weighted by molar-refractivity contribution is 7.83. The molecule has 0 aliphatic rings. The highest BCUT2D eigenvalue weighted by Crippen LogP contribution is 2.08. The Balaban J connectivity index is 2.67. The number of carbonyl (C=O) groups excluding carboxylic acids is 2. The van der Waals surface area contributed by atoms with Crippen molar-refractivity contribution in [1.82, 2.24) is 0 Å². The summed E-state index contributed by atoms with van der Waals surface area (Å²) in [5.41, 5.74) is 0. The van der Waals surface area contributed by atoms with Gasteiger partial charge in [0.25, 0.3) is 0 Å². The first kappa shape index (κ1) is 10.5. The Hall–Kier alpha value is -1.55. The van der Waals surface area contributed by atoms with Crippen LogP contribution in [0.5, 0.6) is 5.75 Å². The Morgan fingerprint density at radius 3 is 2.29 bits per heavy atom. The van der Waals surface area contributed by atoms with Crippen LogP contribution in [0.4, 0.5) is 0 Å². The largest absolute Gasteiger partial charge is 0.422 e. The monoisotopic (exact) mass is 208 g/mol. The lowest BCUT2D eigenvalue weighted by Crippen LogP contribution is -2.24. The topological polar surface area (TPSA) is 43.4 Å². The lowest BCUT2D eigenvalue weighted by molar-refractivity contribution is -0.127. The van der Waals surface area contributed by atoms with Gasteiger partial charge in [-0.3, -0.25) is 4.79 Å². The van der Waals surface area contributed by atoms with E-state index in [9.17, 15) is 9.59 Å². The second-order valence-corrected chi connectivity index (χ2v) is 3.00. The average Bonchev–Trinajstić information content (AvgIpc) is 2.18. The molecule has 0 bridgehead atoms. The number of benzene rings is 1. The maximum absolute atomic E-state index is 11.2. The number of hydrogen-bond acceptors (Lipinski definition) is 4. The fourth-order valence-electron chi connectivity index (χ4n) is 0.786. The van der Waals surface area contributed by atoms with Crippen LogP contribution < -0.4 is 4.74 Å². The van der Waals surface area contributed by atoms with Gasteiger partial charge in [0.1, 0.15) is 5.75 Å². The normalized spacial score (nSPS) is 9.21. The molecule has 0 saturated heterocycles. The maximum atomic E-state index is 11.2. The van der Waals surface area contributed by atoms with E-state index in [-0.39, 0.29) is 4.86 Å². The van der Waals surface area contributed by atoms with Crippen LogP contribution in [-0.2, 0) is 9.59 Å². The predicted molar refractivity (Wildman–Crippen MR) is 55.4 cm³/mol. The van der Waals surface area contributed by atoms with E-state index in [0.29, 0.717) is 5.75 Å². The van der Waals surface area contributed by atoms with Gasteiger partial charge < -0.3 is 4.74 Å². The van der Waals surface area contributed by atoms with Gasteiger partial charge in [-0.15, -0.1) is 0 Å². The van der Waals surface area contributed by atoms with Gasteiger partial charge in [-0.2, -0.15) is 0 Å². The van der Waals surface area contributed by atoms with E-state index in [1.807, 2.05) is 0 Å². The van der Waals surface area contributed by atoms with Crippen molar-refractivity contribution in [3.8, 4) is 5.75 Å². The minimum absolute atomic E-state index is 0.311. The first-order chi connectivity index (χ1) is 6.61. The molecule has 0 N–H and O–H groups in total. The van der Waals surface area contributed by atoms with Crippen LogP contribution in [0, 0.1) is 0 Å². The highest BCUT2D eigenvalue weighted by Gasteiger charge is 2.15. The van der Waals surface area contributed by atoms with E-state index < -0.39 is 11.8 Å². The zero-order valence-electron chi connectivity index (χ0n) is 7.52. The smallest absolute Gasteiger partial charge is 0.358 e. The quantitative estimate of drug-likeness (QED) is 0.327. The van der Waals surface area contributed by atoms with Gasteiger partial charge >= 0.3 is 5.97 Å². The van der Waals surface area contributed by atoms with Crippen LogP contribution in [0.25, 0.3) is 0 Å². The number of para-hydroxylation sites is 1. The second kappa shape index (κ2) is 4.62. The zero-order valence-corrected chi connectivity index (χ0v) is 8.34. The zero-order chi connectivity index (χ0) is 10.6. The molecule has 0 aliphatic heterocycles. The lowest BCUT2D eigenvalue weighted by atomic mass is 10.3. The van der Waals surface area contributed by atoms with Gasteiger partial charge in [0.05, 0.1) is 0 Å². The summed E-state index contributed by atoms with van der Waals surface area (Å²) in [6.45, 7) is 1.23. The van der Waals surface area contributed by atoms with Crippen molar-refractivity contribution in [3.05, 3.63) is 30.3 Å². The summed E-state index contributed by atoms with van der Waals surface area (Å²) in [5.74, 6) is -0.860. The molecule has 3 nitrogen and oxygen atoms in total. The predicted octanol–water partition coefficient (Wildman–Crippen LogP) is 1.55. The van der Waals surface area contributed by atoms with Gasteiger partial charge in [0.2, 0.25) is 0 Å². The molecule has 0 heterocycles. The first-order valence-electron chi connectivity index (χ1n) is 3.93. The molecule has 0 aromatic heterocycles. The van der Waals surface area contributed by atoms with Crippen LogP contribution in [0.2, 0.25) is 0 Å². The summed E-state index contributed by atoms with van der Waals surface area (Å²) < 4.78 is 4.84. The van der Waals surface area contributed by atoms with Gasteiger partial charge in [-0.05, 0) is 12.1 Å². The number of thiocarbonyl (C=S) groups is 1. The Morgan fingerprint density at radius 1 is 1.21 bits per heavy atom. The molecule has 0 aliphatic carbocycles. The molecule has 14 heavy (non-hydrogen) atoms. The number of hydrogen-bond donors (Lipinski definition) is 0. The molecule has 0 radical (unpaired) electrons. The van der Waals surface area contributed by atoms with Gasteiger partial charge in [0, 0.05) is 6.92 Å². The molecule has 0 unspecified atom stereocenters. The van der Waals surface area contributed by atoms with Crippen LogP contribution in [0.3, 0.4) is 0 Å². The molecule has 1 aromatic rings. The van der Waals surface area contributed by atoms with Crippen molar-refractivity contribution >= 4 is 28.8 Å².